The summed E-state index contributed by atoms with van der Waals surface area (Å²) in [6, 6.07) is 17.1. The maximum atomic E-state index is 13.0. The molecule has 8 heteroatoms. The van der Waals surface area contributed by atoms with Crippen LogP contribution in [0, 0.1) is 5.82 Å². The SMILES string of the molecule is NC(=O)CN1CC=[N+](c2cc(Cl)nc(-c3ccc(Oc4ccc(F)cc4)cc3)c2)CC1. The maximum Gasteiger partial charge on any atom is 0.231 e. The highest BCUT2D eigenvalue weighted by molar-refractivity contribution is 6.29. The molecule has 1 aliphatic rings. The lowest BCUT2D eigenvalue weighted by Gasteiger charge is -2.21. The van der Waals surface area contributed by atoms with E-state index in [1.54, 1.807) is 12.1 Å². The molecule has 0 radical (unpaired) electrons. The predicted molar refractivity (Wildman–Crippen MR) is 118 cm³/mol. The second-order valence-corrected chi connectivity index (χ2v) is 7.58. The second kappa shape index (κ2) is 9.24. The van der Waals surface area contributed by atoms with E-state index in [4.69, 9.17) is 22.1 Å². The molecule has 2 heterocycles. The van der Waals surface area contributed by atoms with Gasteiger partial charge in [-0.15, -0.1) is 0 Å². The molecule has 0 spiro atoms. The van der Waals surface area contributed by atoms with Gasteiger partial charge in [-0.1, -0.05) is 11.6 Å². The lowest BCUT2D eigenvalue weighted by molar-refractivity contribution is -0.443. The molecule has 2 aromatic carbocycles. The minimum Gasteiger partial charge on any atom is -0.457 e. The molecular weight excluding hydrogens is 419 g/mol. The topological polar surface area (TPSA) is 71.5 Å². The van der Waals surface area contributed by atoms with E-state index in [1.807, 2.05) is 47.5 Å². The van der Waals surface area contributed by atoms with Crippen molar-refractivity contribution in [1.82, 2.24) is 9.88 Å². The van der Waals surface area contributed by atoms with Crippen LogP contribution in [0.3, 0.4) is 0 Å². The van der Waals surface area contributed by atoms with Gasteiger partial charge in [-0.05, 0) is 48.5 Å². The molecule has 0 atom stereocenters. The van der Waals surface area contributed by atoms with Gasteiger partial charge in [0.15, 0.2) is 12.8 Å². The van der Waals surface area contributed by atoms with Crippen molar-refractivity contribution in [3.05, 3.63) is 71.6 Å². The standard InChI is InChI=1S/C23H20ClFN4O2/c24-22-14-18(29-11-9-28(10-12-29)15-23(26)30)13-21(27-22)16-1-5-19(6-2-16)31-20-7-3-17(25)4-8-20/h1-8,11,13-14H,9-10,12,15H2,(H-,26,30)/p+1. The number of carbonyl (C=O) groups excluding carboxylic acids is 1. The van der Waals surface area contributed by atoms with Crippen molar-refractivity contribution in [2.45, 2.75) is 0 Å². The summed E-state index contributed by atoms with van der Waals surface area (Å²) in [6.07, 6.45) is 2.02. The Morgan fingerprint density at radius 2 is 1.81 bits per heavy atom. The summed E-state index contributed by atoms with van der Waals surface area (Å²) in [6.45, 7) is 2.33. The molecule has 1 amide bonds. The van der Waals surface area contributed by atoms with E-state index in [2.05, 4.69) is 9.56 Å². The normalized spacial score (nSPS) is 14.2. The van der Waals surface area contributed by atoms with Gasteiger partial charge < -0.3 is 10.5 Å². The average molecular weight is 440 g/mol. The van der Waals surface area contributed by atoms with Crippen LogP contribution in [0.15, 0.2) is 60.7 Å². The highest BCUT2D eigenvalue weighted by Crippen LogP contribution is 2.29. The number of nitrogens with two attached hydrogens (primary N) is 1. The Morgan fingerprint density at radius 3 is 2.42 bits per heavy atom. The molecule has 0 unspecified atom stereocenters. The minimum atomic E-state index is -0.331. The summed E-state index contributed by atoms with van der Waals surface area (Å²) in [7, 11) is 0. The van der Waals surface area contributed by atoms with E-state index >= 15 is 0 Å². The number of halogens is 2. The third-order valence-electron chi connectivity index (χ3n) is 4.91. The number of pyridine rings is 1. The average Bonchev–Trinajstić information content (AvgIpc) is 2.75. The Hall–Kier alpha value is -3.29. The summed E-state index contributed by atoms with van der Waals surface area (Å²) >= 11 is 6.29. The molecule has 4 rings (SSSR count). The zero-order valence-electron chi connectivity index (χ0n) is 16.7. The van der Waals surface area contributed by atoms with Crippen LogP contribution in [0.25, 0.3) is 11.3 Å². The number of benzene rings is 2. The Labute approximate surface area is 184 Å². The predicted octanol–water partition coefficient (Wildman–Crippen LogP) is 3.85. The molecule has 0 saturated heterocycles. The molecule has 1 aliphatic heterocycles. The Kier molecular flexibility index (Phi) is 6.25. The highest BCUT2D eigenvalue weighted by Gasteiger charge is 2.21. The van der Waals surface area contributed by atoms with E-state index in [9.17, 15) is 9.18 Å². The van der Waals surface area contributed by atoms with Crippen LogP contribution in [-0.2, 0) is 4.79 Å². The van der Waals surface area contributed by atoms with Gasteiger partial charge in [-0.3, -0.25) is 9.69 Å². The zero-order chi connectivity index (χ0) is 21.8. The second-order valence-electron chi connectivity index (χ2n) is 7.19. The van der Waals surface area contributed by atoms with Crippen molar-refractivity contribution in [2.75, 3.05) is 26.2 Å². The summed E-state index contributed by atoms with van der Waals surface area (Å²) in [5.74, 6) is 0.555. The third-order valence-corrected chi connectivity index (χ3v) is 5.10. The lowest BCUT2D eigenvalue weighted by atomic mass is 10.1. The van der Waals surface area contributed by atoms with Gasteiger partial charge in [-0.2, -0.15) is 4.58 Å². The Balaban J connectivity index is 1.51. The van der Waals surface area contributed by atoms with Gasteiger partial charge in [0.1, 0.15) is 22.5 Å². The van der Waals surface area contributed by atoms with Crippen LogP contribution in [0.5, 0.6) is 11.5 Å². The molecule has 0 saturated carbocycles. The quantitative estimate of drug-likeness (QED) is 0.468. The van der Waals surface area contributed by atoms with Crippen LogP contribution in [0.1, 0.15) is 0 Å². The largest absolute Gasteiger partial charge is 0.457 e. The number of amides is 1. The Bertz CT molecular complexity index is 1120. The number of hydrogen-bond donors (Lipinski definition) is 1. The van der Waals surface area contributed by atoms with Crippen molar-refractivity contribution in [3.8, 4) is 22.8 Å². The number of hydrogen-bond acceptors (Lipinski definition) is 4. The highest BCUT2D eigenvalue weighted by atomic mass is 35.5. The third kappa shape index (κ3) is 5.45. The van der Waals surface area contributed by atoms with E-state index in [0.717, 1.165) is 30.0 Å². The lowest BCUT2D eigenvalue weighted by Crippen LogP contribution is -2.42. The molecule has 158 valence electrons. The minimum absolute atomic E-state index is 0.249. The number of nitrogens with zero attached hydrogens (tertiary/aromatic N) is 3. The first-order valence-corrected chi connectivity index (χ1v) is 10.2. The van der Waals surface area contributed by atoms with E-state index < -0.39 is 0 Å². The molecule has 1 aromatic heterocycles. The smallest absolute Gasteiger partial charge is 0.231 e. The van der Waals surface area contributed by atoms with E-state index in [1.165, 1.54) is 12.1 Å². The summed E-state index contributed by atoms with van der Waals surface area (Å²) in [4.78, 5) is 17.5. The monoisotopic (exact) mass is 439 g/mol. The summed E-state index contributed by atoms with van der Waals surface area (Å²) < 4.78 is 20.9. The fourth-order valence-corrected chi connectivity index (χ4v) is 3.58. The van der Waals surface area contributed by atoms with Crippen LogP contribution < -0.4 is 10.5 Å². The number of ether oxygens (including phenoxy) is 1. The van der Waals surface area contributed by atoms with Gasteiger partial charge >= 0.3 is 0 Å². The number of rotatable bonds is 6. The molecule has 0 aliphatic carbocycles. The van der Waals surface area contributed by atoms with E-state index in [0.29, 0.717) is 23.2 Å². The molecule has 2 N–H and O–H groups in total. The first kappa shape index (κ1) is 21.0. The number of aromatic nitrogens is 1. The van der Waals surface area contributed by atoms with Crippen LogP contribution in [0.4, 0.5) is 10.1 Å². The molecule has 3 aromatic rings. The van der Waals surface area contributed by atoms with Crippen molar-refractivity contribution in [2.24, 2.45) is 5.73 Å². The van der Waals surface area contributed by atoms with Crippen molar-refractivity contribution in [3.63, 3.8) is 0 Å². The summed E-state index contributed by atoms with van der Waals surface area (Å²) in [5, 5.41) is 0.395. The molecule has 0 fully saturated rings. The molecule has 31 heavy (non-hydrogen) atoms. The molecular formula is C23H21ClFN4O2+. The maximum absolute atomic E-state index is 13.0. The summed E-state index contributed by atoms with van der Waals surface area (Å²) in [5.41, 5.74) is 7.84. The van der Waals surface area contributed by atoms with Gasteiger partial charge in [0.25, 0.3) is 0 Å². The first-order valence-electron chi connectivity index (χ1n) is 9.78. The van der Waals surface area contributed by atoms with Crippen molar-refractivity contribution in [1.29, 1.82) is 0 Å². The first-order chi connectivity index (χ1) is 15.0. The molecule has 6 nitrogen and oxygen atoms in total. The van der Waals surface area contributed by atoms with Crippen molar-refractivity contribution >= 4 is 29.4 Å². The van der Waals surface area contributed by atoms with Gasteiger partial charge in [-0.25, -0.2) is 9.37 Å². The number of primary amides is 1. The van der Waals surface area contributed by atoms with E-state index in [-0.39, 0.29) is 18.3 Å². The fraction of sp³-hybridized carbons (Fsp3) is 0.174. The van der Waals surface area contributed by atoms with Gasteiger partial charge in [0, 0.05) is 17.7 Å². The van der Waals surface area contributed by atoms with Crippen LogP contribution >= 0.6 is 11.6 Å². The van der Waals surface area contributed by atoms with Crippen LogP contribution in [-0.4, -0.2) is 52.8 Å². The van der Waals surface area contributed by atoms with Crippen LogP contribution in [0.2, 0.25) is 5.15 Å². The van der Waals surface area contributed by atoms with Crippen molar-refractivity contribution < 1.29 is 18.5 Å². The number of carbonyl (C=O) groups is 1. The van der Waals surface area contributed by atoms with Gasteiger partial charge in [0.2, 0.25) is 11.6 Å². The zero-order valence-corrected chi connectivity index (χ0v) is 17.4. The molecule has 0 bridgehead atoms. The fourth-order valence-electron chi connectivity index (χ4n) is 3.37. The van der Waals surface area contributed by atoms with Gasteiger partial charge in [0.05, 0.1) is 25.3 Å². The Morgan fingerprint density at radius 1 is 1.13 bits per heavy atom.